The van der Waals surface area contributed by atoms with Crippen molar-refractivity contribution in [3.05, 3.63) is 34.5 Å². The summed E-state index contributed by atoms with van der Waals surface area (Å²) in [6.45, 7) is 7.96. The number of nitrogens with one attached hydrogen (secondary N) is 1. The molecule has 0 amide bonds. The molecule has 0 atom stereocenters. The Hall–Kier alpha value is -1.46. The van der Waals surface area contributed by atoms with Gasteiger partial charge in [-0.15, -0.1) is 5.10 Å². The van der Waals surface area contributed by atoms with Gasteiger partial charge in [0.25, 0.3) is 0 Å². The maximum atomic E-state index is 6.22. The predicted molar refractivity (Wildman–Crippen MR) is 84.9 cm³/mol. The highest BCUT2D eigenvalue weighted by Gasteiger charge is 2.12. The molecule has 2 aromatic rings. The molecule has 0 fully saturated rings. The third-order valence-corrected chi connectivity index (χ3v) is 3.57. The van der Waals surface area contributed by atoms with Crippen molar-refractivity contribution in [2.45, 2.75) is 46.6 Å². The molecule has 0 aliphatic rings. The Labute approximate surface area is 130 Å². The van der Waals surface area contributed by atoms with Gasteiger partial charge in [-0.25, -0.2) is 9.97 Å². The Bertz CT molecular complexity index is 594. The summed E-state index contributed by atoms with van der Waals surface area (Å²) in [6, 6.07) is 1.98. The van der Waals surface area contributed by atoms with Crippen molar-refractivity contribution in [2.24, 2.45) is 0 Å². The lowest BCUT2D eigenvalue weighted by Crippen LogP contribution is -2.15. The summed E-state index contributed by atoms with van der Waals surface area (Å²) in [5.74, 6) is 2.54. The van der Waals surface area contributed by atoms with E-state index in [1.165, 1.54) is 0 Å². The van der Waals surface area contributed by atoms with Crippen LogP contribution in [0.15, 0.2) is 12.3 Å². The second kappa shape index (κ2) is 7.52. The highest BCUT2D eigenvalue weighted by molar-refractivity contribution is 6.31. The summed E-state index contributed by atoms with van der Waals surface area (Å²) >= 11 is 6.22. The van der Waals surface area contributed by atoms with Gasteiger partial charge in [-0.2, -0.15) is 4.68 Å². The van der Waals surface area contributed by atoms with Crippen molar-refractivity contribution in [1.82, 2.24) is 25.1 Å². The van der Waals surface area contributed by atoms with Gasteiger partial charge in [-0.1, -0.05) is 32.4 Å². The van der Waals surface area contributed by atoms with Gasteiger partial charge >= 0.3 is 0 Å². The van der Waals surface area contributed by atoms with Crippen LogP contribution in [0, 0.1) is 0 Å². The van der Waals surface area contributed by atoms with Crippen LogP contribution in [-0.4, -0.2) is 26.3 Å². The van der Waals surface area contributed by atoms with E-state index in [1.54, 1.807) is 6.20 Å². The molecular formula is C15H22ClN5. The van der Waals surface area contributed by atoms with Crippen LogP contribution in [-0.2, 0) is 19.4 Å². The first kappa shape index (κ1) is 15.9. The van der Waals surface area contributed by atoms with E-state index in [2.05, 4.69) is 41.2 Å². The zero-order chi connectivity index (χ0) is 15.2. The molecule has 6 heteroatoms. The van der Waals surface area contributed by atoms with Gasteiger partial charge in [0.1, 0.15) is 5.82 Å². The van der Waals surface area contributed by atoms with Crippen LogP contribution in [0.25, 0.3) is 5.82 Å². The Morgan fingerprint density at radius 1 is 1.24 bits per heavy atom. The normalized spacial score (nSPS) is 11.0. The molecule has 0 aromatic carbocycles. The van der Waals surface area contributed by atoms with Crippen molar-refractivity contribution in [1.29, 1.82) is 0 Å². The Morgan fingerprint density at radius 3 is 2.71 bits per heavy atom. The molecular weight excluding hydrogens is 286 g/mol. The molecule has 0 aliphatic carbocycles. The third kappa shape index (κ3) is 3.80. The summed E-state index contributed by atoms with van der Waals surface area (Å²) in [6.07, 6.45) is 4.42. The molecule has 21 heavy (non-hydrogen) atoms. The molecule has 114 valence electrons. The van der Waals surface area contributed by atoms with E-state index in [1.807, 2.05) is 10.7 Å². The zero-order valence-corrected chi connectivity index (χ0v) is 13.6. The lowest BCUT2D eigenvalue weighted by molar-refractivity contribution is 0.673. The number of halogens is 1. The highest BCUT2D eigenvalue weighted by atomic mass is 35.5. The van der Waals surface area contributed by atoms with Gasteiger partial charge in [0.05, 0.1) is 5.02 Å². The second-order valence-corrected chi connectivity index (χ2v) is 5.28. The molecule has 0 saturated carbocycles. The number of hydrogen-bond acceptors (Lipinski definition) is 4. The van der Waals surface area contributed by atoms with E-state index in [0.717, 1.165) is 55.4 Å². The quantitative estimate of drug-likeness (QED) is 0.799. The molecule has 0 unspecified atom stereocenters. The van der Waals surface area contributed by atoms with Gasteiger partial charge in [-0.05, 0) is 24.6 Å². The second-order valence-electron chi connectivity index (χ2n) is 4.87. The summed E-state index contributed by atoms with van der Waals surface area (Å²) in [7, 11) is 0. The van der Waals surface area contributed by atoms with Crippen molar-refractivity contribution in [3.8, 4) is 5.82 Å². The van der Waals surface area contributed by atoms with E-state index >= 15 is 0 Å². The van der Waals surface area contributed by atoms with Crippen molar-refractivity contribution in [2.75, 3.05) is 6.54 Å². The average molecular weight is 308 g/mol. The first-order valence-corrected chi connectivity index (χ1v) is 7.87. The lowest BCUT2D eigenvalue weighted by Gasteiger charge is -2.09. The predicted octanol–water partition coefficient (Wildman–Crippen LogP) is 2.94. The topological polar surface area (TPSA) is 55.6 Å². The molecule has 5 nitrogen and oxygen atoms in total. The van der Waals surface area contributed by atoms with E-state index in [4.69, 9.17) is 11.6 Å². The molecule has 0 radical (unpaired) electrons. The first-order chi connectivity index (χ1) is 10.2. The van der Waals surface area contributed by atoms with Gasteiger partial charge in [0.15, 0.2) is 11.6 Å². The van der Waals surface area contributed by atoms with Crippen LogP contribution >= 0.6 is 11.6 Å². The third-order valence-electron chi connectivity index (χ3n) is 3.23. The number of aryl methyl sites for hydroxylation is 2. The number of nitrogens with zero attached hydrogens (tertiary/aromatic N) is 4. The Morgan fingerprint density at radius 2 is 2.05 bits per heavy atom. The molecule has 0 spiro atoms. The Balaban J connectivity index is 2.31. The smallest absolute Gasteiger partial charge is 0.155 e. The van der Waals surface area contributed by atoms with Crippen molar-refractivity contribution >= 4 is 11.6 Å². The summed E-state index contributed by atoms with van der Waals surface area (Å²) < 4.78 is 1.82. The van der Waals surface area contributed by atoms with Crippen LogP contribution in [0.4, 0.5) is 0 Å². The lowest BCUT2D eigenvalue weighted by atomic mass is 10.2. The van der Waals surface area contributed by atoms with Gasteiger partial charge in [0.2, 0.25) is 0 Å². The van der Waals surface area contributed by atoms with Crippen molar-refractivity contribution < 1.29 is 0 Å². The van der Waals surface area contributed by atoms with E-state index in [0.29, 0.717) is 5.02 Å². The first-order valence-electron chi connectivity index (χ1n) is 7.49. The number of aromatic nitrogens is 4. The average Bonchev–Trinajstić information content (AvgIpc) is 2.93. The number of rotatable bonds is 7. The maximum Gasteiger partial charge on any atom is 0.155 e. The minimum Gasteiger partial charge on any atom is -0.313 e. The maximum absolute atomic E-state index is 6.22. The number of pyridine rings is 1. The molecule has 2 aromatic heterocycles. The fourth-order valence-electron chi connectivity index (χ4n) is 2.07. The molecule has 0 aliphatic heterocycles. The molecule has 0 saturated heterocycles. The molecule has 1 N–H and O–H groups in total. The SMILES string of the molecule is CCCNCc1cc(-n2nc(CC)nc2CC)ncc1Cl. The highest BCUT2D eigenvalue weighted by Crippen LogP contribution is 2.18. The standard InChI is InChI=1S/C15H22ClN5/c1-4-7-17-9-11-8-15(18-10-12(11)16)21-14(6-3)19-13(5-2)20-21/h8,10,17H,4-7,9H2,1-3H3. The van der Waals surface area contributed by atoms with Crippen LogP contribution < -0.4 is 5.32 Å². The number of hydrogen-bond donors (Lipinski definition) is 1. The van der Waals surface area contributed by atoms with Crippen LogP contribution in [0.3, 0.4) is 0 Å². The van der Waals surface area contributed by atoms with E-state index in [9.17, 15) is 0 Å². The molecule has 2 rings (SSSR count). The van der Waals surface area contributed by atoms with Crippen LogP contribution in [0.2, 0.25) is 5.02 Å². The summed E-state index contributed by atoms with van der Waals surface area (Å²) in [5, 5.41) is 8.55. The van der Waals surface area contributed by atoms with Crippen molar-refractivity contribution in [3.63, 3.8) is 0 Å². The van der Waals surface area contributed by atoms with Crippen LogP contribution in [0.1, 0.15) is 44.4 Å². The summed E-state index contributed by atoms with van der Waals surface area (Å²) in [4.78, 5) is 8.91. The van der Waals surface area contributed by atoms with Gasteiger partial charge in [0, 0.05) is 25.6 Å². The van der Waals surface area contributed by atoms with E-state index < -0.39 is 0 Å². The van der Waals surface area contributed by atoms with E-state index in [-0.39, 0.29) is 0 Å². The van der Waals surface area contributed by atoms with Gasteiger partial charge in [-0.3, -0.25) is 0 Å². The zero-order valence-electron chi connectivity index (χ0n) is 12.9. The van der Waals surface area contributed by atoms with Gasteiger partial charge < -0.3 is 5.32 Å². The minimum atomic E-state index is 0.677. The molecule has 2 heterocycles. The summed E-state index contributed by atoms with van der Waals surface area (Å²) in [5.41, 5.74) is 1.03. The largest absolute Gasteiger partial charge is 0.313 e. The Kier molecular flexibility index (Phi) is 5.70. The fraction of sp³-hybridized carbons (Fsp3) is 0.533. The fourth-order valence-corrected chi connectivity index (χ4v) is 2.24. The minimum absolute atomic E-state index is 0.677. The monoisotopic (exact) mass is 307 g/mol. The molecule has 0 bridgehead atoms. The van der Waals surface area contributed by atoms with Crippen LogP contribution in [0.5, 0.6) is 0 Å².